The molecular formula is C31H28N2O4. The van der Waals surface area contributed by atoms with Crippen LogP contribution in [0.25, 0.3) is 10.8 Å². The van der Waals surface area contributed by atoms with Gasteiger partial charge in [0, 0.05) is 24.0 Å². The largest absolute Gasteiger partial charge is 0.497 e. The number of ether oxygens (including phenoxy) is 2. The lowest BCUT2D eigenvalue weighted by atomic mass is 9.95. The van der Waals surface area contributed by atoms with Gasteiger partial charge in [0.2, 0.25) is 5.91 Å². The van der Waals surface area contributed by atoms with Crippen LogP contribution in [-0.4, -0.2) is 43.6 Å². The molecule has 6 nitrogen and oxygen atoms in total. The smallest absolute Gasteiger partial charge is 0.259 e. The van der Waals surface area contributed by atoms with Crippen LogP contribution < -0.4 is 9.64 Å². The number of amides is 2. The van der Waals surface area contributed by atoms with Gasteiger partial charge in [-0.3, -0.25) is 9.59 Å². The van der Waals surface area contributed by atoms with Crippen molar-refractivity contribution in [3.8, 4) is 5.75 Å². The van der Waals surface area contributed by atoms with Crippen LogP contribution in [0.5, 0.6) is 5.75 Å². The van der Waals surface area contributed by atoms with Gasteiger partial charge in [0.25, 0.3) is 5.91 Å². The molecule has 0 unspecified atom stereocenters. The Labute approximate surface area is 216 Å². The van der Waals surface area contributed by atoms with Crippen molar-refractivity contribution < 1.29 is 19.1 Å². The molecule has 0 saturated carbocycles. The van der Waals surface area contributed by atoms with Gasteiger partial charge in [-0.15, -0.1) is 0 Å². The summed E-state index contributed by atoms with van der Waals surface area (Å²) in [5.41, 5.74) is 6.26. The van der Waals surface area contributed by atoms with Crippen molar-refractivity contribution in [2.24, 2.45) is 0 Å². The summed E-state index contributed by atoms with van der Waals surface area (Å²) in [4.78, 5) is 29.1. The third-order valence-corrected chi connectivity index (χ3v) is 7.25. The fourth-order valence-corrected chi connectivity index (χ4v) is 5.25. The number of carbonyl (C=O) groups is 2. The molecule has 37 heavy (non-hydrogen) atoms. The minimum absolute atomic E-state index is 0.0376. The molecule has 186 valence electrons. The summed E-state index contributed by atoms with van der Waals surface area (Å²) in [7, 11) is 1.65. The molecule has 1 saturated heterocycles. The van der Waals surface area contributed by atoms with Gasteiger partial charge in [-0.25, -0.2) is 0 Å². The standard InChI is InChI=1S/C31H28N2O4/c1-36-25-12-9-23(10-13-25)19-33-28-14-11-24(26-3-2-4-27(30(26)28)31(33)35)17-21-5-7-22(8-6-21)18-32-15-16-37-20-29(32)34/h2-14H,15-20H2,1H3. The van der Waals surface area contributed by atoms with Crippen molar-refractivity contribution in [2.75, 3.05) is 31.8 Å². The predicted molar refractivity (Wildman–Crippen MR) is 143 cm³/mol. The number of anilines is 1. The lowest BCUT2D eigenvalue weighted by Gasteiger charge is -2.26. The Morgan fingerprint density at radius 1 is 0.838 bits per heavy atom. The van der Waals surface area contributed by atoms with Crippen LogP contribution in [-0.2, 0) is 29.0 Å². The monoisotopic (exact) mass is 492 g/mol. The highest BCUT2D eigenvalue weighted by Crippen LogP contribution is 2.40. The highest BCUT2D eigenvalue weighted by molar-refractivity contribution is 6.25. The highest BCUT2D eigenvalue weighted by atomic mass is 16.5. The number of hydrogen-bond acceptors (Lipinski definition) is 4. The first kappa shape index (κ1) is 23.3. The second-order valence-corrected chi connectivity index (χ2v) is 9.57. The van der Waals surface area contributed by atoms with E-state index in [-0.39, 0.29) is 18.4 Å². The van der Waals surface area contributed by atoms with E-state index >= 15 is 0 Å². The van der Waals surface area contributed by atoms with Gasteiger partial charge in [-0.2, -0.15) is 0 Å². The molecule has 0 aromatic heterocycles. The number of morpholine rings is 1. The van der Waals surface area contributed by atoms with Gasteiger partial charge in [-0.05, 0) is 58.3 Å². The van der Waals surface area contributed by atoms with Crippen LogP contribution >= 0.6 is 0 Å². The topological polar surface area (TPSA) is 59.1 Å². The van der Waals surface area contributed by atoms with E-state index in [1.165, 1.54) is 11.1 Å². The molecule has 2 heterocycles. The first-order valence-corrected chi connectivity index (χ1v) is 12.5. The van der Waals surface area contributed by atoms with Gasteiger partial charge < -0.3 is 19.3 Å². The van der Waals surface area contributed by atoms with E-state index in [4.69, 9.17) is 9.47 Å². The van der Waals surface area contributed by atoms with Gasteiger partial charge in [0.15, 0.2) is 0 Å². The zero-order valence-electron chi connectivity index (χ0n) is 20.8. The summed E-state index contributed by atoms with van der Waals surface area (Å²) in [6, 6.07) is 26.5. The molecule has 2 aliphatic heterocycles. The number of rotatable bonds is 7. The van der Waals surface area contributed by atoms with E-state index in [9.17, 15) is 9.59 Å². The fourth-order valence-electron chi connectivity index (χ4n) is 5.25. The first-order chi connectivity index (χ1) is 18.1. The average molecular weight is 493 g/mol. The Morgan fingerprint density at radius 3 is 2.32 bits per heavy atom. The highest BCUT2D eigenvalue weighted by Gasteiger charge is 2.30. The van der Waals surface area contributed by atoms with Crippen molar-refractivity contribution in [3.63, 3.8) is 0 Å². The summed E-state index contributed by atoms with van der Waals surface area (Å²) < 4.78 is 10.5. The molecule has 6 rings (SSSR count). The predicted octanol–water partition coefficient (Wildman–Crippen LogP) is 4.96. The molecule has 0 aliphatic carbocycles. The Bertz CT molecular complexity index is 1480. The van der Waals surface area contributed by atoms with Gasteiger partial charge in [-0.1, -0.05) is 54.6 Å². The maximum absolute atomic E-state index is 13.4. The van der Waals surface area contributed by atoms with E-state index < -0.39 is 0 Å². The summed E-state index contributed by atoms with van der Waals surface area (Å²) in [6.07, 6.45) is 0.768. The number of nitrogens with zero attached hydrogens (tertiary/aromatic N) is 2. The quantitative estimate of drug-likeness (QED) is 0.366. The number of benzene rings is 4. The molecule has 6 heteroatoms. The van der Waals surface area contributed by atoms with Crippen LogP contribution in [0.4, 0.5) is 5.69 Å². The van der Waals surface area contributed by atoms with Crippen LogP contribution in [0.3, 0.4) is 0 Å². The summed E-state index contributed by atoms with van der Waals surface area (Å²) >= 11 is 0. The van der Waals surface area contributed by atoms with Crippen molar-refractivity contribution in [1.82, 2.24) is 4.90 Å². The minimum Gasteiger partial charge on any atom is -0.497 e. The van der Waals surface area contributed by atoms with Crippen molar-refractivity contribution in [3.05, 3.63) is 107 Å². The summed E-state index contributed by atoms with van der Waals surface area (Å²) in [6.45, 7) is 2.52. The lowest BCUT2D eigenvalue weighted by Crippen LogP contribution is -2.40. The van der Waals surface area contributed by atoms with Crippen molar-refractivity contribution >= 4 is 28.3 Å². The molecule has 4 aromatic carbocycles. The van der Waals surface area contributed by atoms with Crippen molar-refractivity contribution in [1.29, 1.82) is 0 Å². The first-order valence-electron chi connectivity index (χ1n) is 12.5. The normalized spacial score (nSPS) is 15.1. The van der Waals surface area contributed by atoms with Gasteiger partial charge >= 0.3 is 0 Å². The molecule has 0 atom stereocenters. The maximum atomic E-state index is 13.4. The Hall–Kier alpha value is -4.16. The van der Waals surface area contributed by atoms with Crippen molar-refractivity contribution in [2.45, 2.75) is 19.5 Å². The molecule has 0 N–H and O–H groups in total. The average Bonchev–Trinajstić information content (AvgIpc) is 3.20. The van der Waals surface area contributed by atoms with Crippen LogP contribution in [0, 0.1) is 0 Å². The Kier molecular flexibility index (Phi) is 6.10. The molecule has 2 aliphatic rings. The number of hydrogen-bond donors (Lipinski definition) is 0. The van der Waals surface area contributed by atoms with E-state index in [1.807, 2.05) is 46.2 Å². The Morgan fingerprint density at radius 2 is 1.57 bits per heavy atom. The second kappa shape index (κ2) is 9.71. The van der Waals surface area contributed by atoms with Crippen LogP contribution in [0.2, 0.25) is 0 Å². The maximum Gasteiger partial charge on any atom is 0.259 e. The van der Waals surface area contributed by atoms with E-state index in [0.29, 0.717) is 26.2 Å². The van der Waals surface area contributed by atoms with Gasteiger partial charge in [0.05, 0.1) is 25.9 Å². The molecule has 4 aromatic rings. The molecule has 2 amide bonds. The SMILES string of the molecule is COc1ccc(CN2C(=O)c3cccc4c(Cc5ccc(CN6CCOCC6=O)cc5)ccc2c34)cc1. The lowest BCUT2D eigenvalue weighted by molar-refractivity contribution is -0.143. The van der Waals surface area contributed by atoms with E-state index in [0.717, 1.165) is 45.3 Å². The summed E-state index contributed by atoms with van der Waals surface area (Å²) in [5, 5.41) is 2.14. The molecule has 1 fully saturated rings. The molecule has 0 bridgehead atoms. The third-order valence-electron chi connectivity index (χ3n) is 7.25. The van der Waals surface area contributed by atoms with Crippen LogP contribution in [0.1, 0.15) is 32.6 Å². The fraction of sp³-hybridized carbons (Fsp3) is 0.226. The molecule has 0 spiro atoms. The zero-order chi connectivity index (χ0) is 25.4. The number of carbonyl (C=O) groups excluding carboxylic acids is 2. The van der Waals surface area contributed by atoms with E-state index in [1.54, 1.807) is 7.11 Å². The van der Waals surface area contributed by atoms with Crippen LogP contribution in [0.15, 0.2) is 78.9 Å². The Balaban J connectivity index is 1.24. The summed E-state index contributed by atoms with van der Waals surface area (Å²) in [5.74, 6) is 0.878. The molecule has 0 radical (unpaired) electrons. The third kappa shape index (κ3) is 4.45. The molecular weight excluding hydrogens is 464 g/mol. The minimum atomic E-state index is 0.0376. The second-order valence-electron chi connectivity index (χ2n) is 9.57. The van der Waals surface area contributed by atoms with Gasteiger partial charge in [0.1, 0.15) is 12.4 Å². The zero-order valence-corrected chi connectivity index (χ0v) is 20.8. The van der Waals surface area contributed by atoms with E-state index in [2.05, 4.69) is 42.5 Å². The number of methoxy groups -OCH3 is 1.